The highest BCUT2D eigenvalue weighted by molar-refractivity contribution is 7.89. The summed E-state index contributed by atoms with van der Waals surface area (Å²) in [6, 6.07) is 6.46. The monoisotopic (exact) mass is 312 g/mol. The van der Waals surface area contributed by atoms with E-state index in [2.05, 4.69) is 4.72 Å². The third-order valence-electron chi connectivity index (χ3n) is 3.89. The molecule has 2 rings (SSSR count). The van der Waals surface area contributed by atoms with Gasteiger partial charge in [0.1, 0.15) is 0 Å². The number of nitrogens with zero attached hydrogens (tertiary/aromatic N) is 1. The molecular weight excluding hydrogens is 292 g/mol. The molecule has 1 aliphatic rings. The Morgan fingerprint density at radius 1 is 1.38 bits per heavy atom. The highest BCUT2D eigenvalue weighted by atomic mass is 32.2. The van der Waals surface area contributed by atoms with Gasteiger partial charge >= 0.3 is 5.97 Å². The number of carboxylic acids is 1. The Balaban J connectivity index is 2.19. The number of benzene rings is 1. The second-order valence-electron chi connectivity index (χ2n) is 5.16. The number of anilines is 1. The lowest BCUT2D eigenvalue weighted by Gasteiger charge is -2.25. The first-order valence-corrected chi connectivity index (χ1v) is 8.44. The van der Waals surface area contributed by atoms with Gasteiger partial charge in [0.2, 0.25) is 10.0 Å². The highest BCUT2D eigenvalue weighted by Crippen LogP contribution is 2.30. The minimum absolute atomic E-state index is 0.0984. The number of rotatable bonds is 5. The Kier molecular flexibility index (Phi) is 4.53. The molecule has 21 heavy (non-hydrogen) atoms. The van der Waals surface area contributed by atoms with Crippen molar-refractivity contribution in [3.63, 3.8) is 0 Å². The van der Waals surface area contributed by atoms with Gasteiger partial charge in [-0.2, -0.15) is 0 Å². The second kappa shape index (κ2) is 6.03. The summed E-state index contributed by atoms with van der Waals surface area (Å²) < 4.78 is 26.2. The quantitative estimate of drug-likeness (QED) is 0.855. The maximum Gasteiger partial charge on any atom is 0.308 e. The molecule has 2 N–H and O–H groups in total. The molecule has 1 aliphatic heterocycles. The molecule has 0 aliphatic carbocycles. The van der Waals surface area contributed by atoms with Gasteiger partial charge in [-0.3, -0.25) is 4.79 Å². The van der Waals surface area contributed by atoms with Crippen molar-refractivity contribution < 1.29 is 18.3 Å². The van der Waals surface area contributed by atoms with Crippen molar-refractivity contribution in [2.75, 3.05) is 18.0 Å². The van der Waals surface area contributed by atoms with Crippen molar-refractivity contribution in [3.8, 4) is 0 Å². The van der Waals surface area contributed by atoms with E-state index >= 15 is 0 Å². The summed E-state index contributed by atoms with van der Waals surface area (Å²) in [6.07, 6.45) is 0.605. The lowest BCUT2D eigenvalue weighted by molar-refractivity contribution is -0.141. The summed E-state index contributed by atoms with van der Waals surface area (Å²) in [5, 5.41) is 9.14. The Hall–Kier alpha value is -1.60. The molecule has 0 amide bonds. The molecule has 0 bridgehead atoms. The van der Waals surface area contributed by atoms with Crippen molar-refractivity contribution in [2.24, 2.45) is 5.92 Å². The zero-order valence-electron chi connectivity index (χ0n) is 12.1. The summed E-state index contributed by atoms with van der Waals surface area (Å²) in [5.74, 6) is -1.16. The van der Waals surface area contributed by atoms with Crippen molar-refractivity contribution in [1.29, 1.82) is 0 Å². The molecule has 1 fully saturated rings. The fourth-order valence-corrected chi connectivity index (χ4v) is 3.77. The van der Waals surface area contributed by atoms with Crippen LogP contribution in [0.15, 0.2) is 29.2 Å². The number of hydrogen-bond acceptors (Lipinski definition) is 4. The largest absolute Gasteiger partial charge is 0.481 e. The van der Waals surface area contributed by atoms with E-state index in [0.29, 0.717) is 19.5 Å². The van der Waals surface area contributed by atoms with Gasteiger partial charge in [-0.05, 0) is 37.6 Å². The molecule has 2 unspecified atom stereocenters. The molecule has 0 saturated carbocycles. The maximum absolute atomic E-state index is 11.9. The van der Waals surface area contributed by atoms with Crippen LogP contribution in [0.25, 0.3) is 0 Å². The van der Waals surface area contributed by atoms with E-state index in [-0.39, 0.29) is 16.9 Å². The van der Waals surface area contributed by atoms with Gasteiger partial charge in [-0.25, -0.2) is 13.1 Å². The van der Waals surface area contributed by atoms with Crippen molar-refractivity contribution >= 4 is 21.7 Å². The minimum Gasteiger partial charge on any atom is -0.481 e. The third kappa shape index (κ3) is 3.19. The number of sulfonamides is 1. The SMILES string of the molecule is CCNS(=O)(=O)c1ccc(N2CCC(C(=O)O)C2C)cc1. The number of carbonyl (C=O) groups is 1. The fraction of sp³-hybridized carbons (Fsp3) is 0.500. The van der Waals surface area contributed by atoms with Gasteiger partial charge in [-0.15, -0.1) is 0 Å². The van der Waals surface area contributed by atoms with Gasteiger partial charge in [-0.1, -0.05) is 6.92 Å². The summed E-state index contributed by atoms with van der Waals surface area (Å²) in [7, 11) is -3.45. The van der Waals surface area contributed by atoms with E-state index in [0.717, 1.165) is 5.69 Å². The number of nitrogens with one attached hydrogen (secondary N) is 1. The lowest BCUT2D eigenvalue weighted by Crippen LogP contribution is -2.32. The van der Waals surface area contributed by atoms with Crippen LogP contribution in [0.4, 0.5) is 5.69 Å². The molecule has 0 spiro atoms. The first-order chi connectivity index (χ1) is 9.86. The van der Waals surface area contributed by atoms with E-state index in [4.69, 9.17) is 5.11 Å². The minimum atomic E-state index is -3.45. The van der Waals surface area contributed by atoms with Gasteiger partial charge < -0.3 is 10.0 Å². The number of carboxylic acid groups (broad SMARTS) is 1. The van der Waals surface area contributed by atoms with E-state index in [9.17, 15) is 13.2 Å². The topological polar surface area (TPSA) is 86.7 Å². The average molecular weight is 312 g/mol. The zero-order valence-corrected chi connectivity index (χ0v) is 12.9. The molecule has 6 nitrogen and oxygen atoms in total. The average Bonchev–Trinajstić information content (AvgIpc) is 2.81. The third-order valence-corrected chi connectivity index (χ3v) is 5.45. The van der Waals surface area contributed by atoms with Crippen LogP contribution in [0.1, 0.15) is 20.3 Å². The van der Waals surface area contributed by atoms with Crippen LogP contribution < -0.4 is 9.62 Å². The maximum atomic E-state index is 11.9. The summed E-state index contributed by atoms with van der Waals surface area (Å²) in [4.78, 5) is 13.4. The Morgan fingerprint density at radius 2 is 2.00 bits per heavy atom. The van der Waals surface area contributed by atoms with Crippen molar-refractivity contribution in [2.45, 2.75) is 31.2 Å². The van der Waals surface area contributed by atoms with Crippen LogP contribution in [0.5, 0.6) is 0 Å². The van der Waals surface area contributed by atoms with Crippen LogP contribution in [0.2, 0.25) is 0 Å². The van der Waals surface area contributed by atoms with Gasteiger partial charge in [0, 0.05) is 24.8 Å². The van der Waals surface area contributed by atoms with Crippen molar-refractivity contribution in [1.82, 2.24) is 4.72 Å². The van der Waals surface area contributed by atoms with Crippen LogP contribution in [-0.2, 0) is 14.8 Å². The van der Waals surface area contributed by atoms with E-state index < -0.39 is 16.0 Å². The molecule has 1 aromatic rings. The summed E-state index contributed by atoms with van der Waals surface area (Å²) in [6.45, 7) is 4.62. The first-order valence-electron chi connectivity index (χ1n) is 6.96. The molecule has 1 aromatic carbocycles. The molecule has 0 aromatic heterocycles. The molecule has 0 radical (unpaired) electrons. The van der Waals surface area contributed by atoms with Crippen LogP contribution >= 0.6 is 0 Å². The molecular formula is C14H20N2O4S. The highest BCUT2D eigenvalue weighted by Gasteiger charge is 2.35. The zero-order chi connectivity index (χ0) is 15.6. The van der Waals surface area contributed by atoms with Gasteiger partial charge in [0.05, 0.1) is 10.8 Å². The standard InChI is InChI=1S/C14H20N2O4S/c1-3-15-21(19,20)12-6-4-11(5-7-12)16-9-8-13(10(16)2)14(17)18/h4-7,10,13,15H,3,8-9H2,1-2H3,(H,17,18). The smallest absolute Gasteiger partial charge is 0.308 e. The number of hydrogen-bond donors (Lipinski definition) is 2. The molecule has 2 atom stereocenters. The molecule has 7 heteroatoms. The van der Waals surface area contributed by atoms with Crippen LogP contribution in [0, 0.1) is 5.92 Å². The van der Waals surface area contributed by atoms with Gasteiger partial charge in [0.15, 0.2) is 0 Å². The first kappa shape index (κ1) is 15.8. The number of aliphatic carboxylic acids is 1. The Morgan fingerprint density at radius 3 is 2.48 bits per heavy atom. The summed E-state index contributed by atoms with van der Waals surface area (Å²) >= 11 is 0. The molecule has 116 valence electrons. The van der Waals surface area contributed by atoms with E-state index in [1.807, 2.05) is 11.8 Å². The predicted octanol–water partition coefficient (Wildman–Crippen LogP) is 1.28. The summed E-state index contributed by atoms with van der Waals surface area (Å²) in [5.41, 5.74) is 0.849. The normalized spacial score (nSPS) is 22.5. The van der Waals surface area contributed by atoms with E-state index in [1.165, 1.54) is 0 Å². The van der Waals surface area contributed by atoms with E-state index in [1.54, 1.807) is 31.2 Å². The Bertz CT molecular complexity index is 612. The van der Waals surface area contributed by atoms with Crippen LogP contribution in [-0.4, -0.2) is 38.6 Å². The lowest BCUT2D eigenvalue weighted by atomic mass is 10.0. The van der Waals surface area contributed by atoms with Crippen molar-refractivity contribution in [3.05, 3.63) is 24.3 Å². The van der Waals surface area contributed by atoms with Crippen LogP contribution in [0.3, 0.4) is 0 Å². The Labute approximate surface area is 124 Å². The molecule has 1 saturated heterocycles. The fourth-order valence-electron chi connectivity index (χ4n) is 2.72. The predicted molar refractivity (Wildman–Crippen MR) is 79.9 cm³/mol. The molecule has 1 heterocycles. The van der Waals surface area contributed by atoms with Gasteiger partial charge in [0.25, 0.3) is 0 Å². The second-order valence-corrected chi connectivity index (χ2v) is 6.93.